The maximum Gasteiger partial charge on any atom is 0.252 e. The van der Waals surface area contributed by atoms with Crippen molar-refractivity contribution < 1.29 is 8.42 Å². The van der Waals surface area contributed by atoms with Gasteiger partial charge in [0, 0.05) is 36.6 Å². The topological polar surface area (TPSA) is 108 Å². The number of aromatic nitrogens is 5. The minimum absolute atomic E-state index is 0.340. The molecule has 0 atom stereocenters. The van der Waals surface area contributed by atoms with Crippen molar-refractivity contribution >= 4 is 27.3 Å². The van der Waals surface area contributed by atoms with Gasteiger partial charge in [0.05, 0.1) is 12.4 Å². The molecule has 0 aliphatic carbocycles. The largest absolute Gasteiger partial charge is 0.339 e. The molecule has 0 unspecified atom stereocenters. The van der Waals surface area contributed by atoms with Gasteiger partial charge in [-0.2, -0.15) is 24.6 Å². The standard InChI is InChI=1S/C14H15N7O2S2/c22-25(23,13-2-1-12(24-13)11-3-4-16-17-9-11)21-7-5-20(6-8-21)14-15-10-18-19-14/h1-4,9-10H,5-8H2,(H,15,18,19). The highest BCUT2D eigenvalue weighted by molar-refractivity contribution is 7.91. The summed E-state index contributed by atoms with van der Waals surface area (Å²) in [4.78, 5) is 6.95. The zero-order chi connectivity index (χ0) is 17.3. The number of aromatic amines is 1. The van der Waals surface area contributed by atoms with Gasteiger partial charge < -0.3 is 4.90 Å². The number of hydrogen-bond donors (Lipinski definition) is 1. The highest BCUT2D eigenvalue weighted by Crippen LogP contribution is 2.32. The second kappa shape index (κ2) is 6.50. The van der Waals surface area contributed by atoms with Crippen molar-refractivity contribution in [2.24, 2.45) is 0 Å². The maximum absolute atomic E-state index is 12.9. The summed E-state index contributed by atoms with van der Waals surface area (Å²) in [6, 6.07) is 5.27. The van der Waals surface area contributed by atoms with Crippen LogP contribution in [-0.4, -0.2) is 64.3 Å². The molecule has 1 N–H and O–H groups in total. The molecule has 0 bridgehead atoms. The van der Waals surface area contributed by atoms with Crippen LogP contribution in [0.25, 0.3) is 10.4 Å². The van der Waals surface area contributed by atoms with Gasteiger partial charge in [0.2, 0.25) is 5.95 Å². The number of nitrogens with zero attached hydrogens (tertiary/aromatic N) is 6. The Balaban J connectivity index is 1.50. The van der Waals surface area contributed by atoms with E-state index < -0.39 is 10.0 Å². The minimum Gasteiger partial charge on any atom is -0.339 e. The van der Waals surface area contributed by atoms with Gasteiger partial charge in [-0.25, -0.2) is 13.5 Å². The van der Waals surface area contributed by atoms with E-state index in [1.165, 1.54) is 22.0 Å². The molecule has 0 saturated carbocycles. The fraction of sp³-hybridized carbons (Fsp3) is 0.286. The van der Waals surface area contributed by atoms with Gasteiger partial charge in [-0.15, -0.1) is 11.3 Å². The Bertz CT molecular complexity index is 933. The molecular formula is C14H15N7O2S2. The van der Waals surface area contributed by atoms with Gasteiger partial charge in [0.1, 0.15) is 10.5 Å². The minimum atomic E-state index is -3.50. The zero-order valence-electron chi connectivity index (χ0n) is 13.1. The third-order valence-corrected chi connectivity index (χ3v) is 7.49. The quantitative estimate of drug-likeness (QED) is 0.717. The first-order chi connectivity index (χ1) is 12.1. The van der Waals surface area contributed by atoms with Crippen LogP contribution in [0.1, 0.15) is 0 Å². The van der Waals surface area contributed by atoms with Gasteiger partial charge in [-0.05, 0) is 18.2 Å². The van der Waals surface area contributed by atoms with Crippen LogP contribution in [0.3, 0.4) is 0 Å². The number of anilines is 1. The second-order valence-electron chi connectivity index (χ2n) is 5.45. The number of H-pyrrole nitrogens is 1. The van der Waals surface area contributed by atoms with Crippen molar-refractivity contribution in [2.45, 2.75) is 4.21 Å². The summed E-state index contributed by atoms with van der Waals surface area (Å²) in [6.45, 7) is 1.96. The van der Waals surface area contributed by atoms with Crippen molar-refractivity contribution in [1.29, 1.82) is 0 Å². The molecule has 0 spiro atoms. The van der Waals surface area contributed by atoms with E-state index in [-0.39, 0.29) is 0 Å². The predicted molar refractivity (Wildman–Crippen MR) is 92.7 cm³/mol. The Hall–Kier alpha value is -2.37. The fourth-order valence-corrected chi connectivity index (χ4v) is 5.54. The maximum atomic E-state index is 12.9. The van der Waals surface area contributed by atoms with Crippen LogP contribution in [0.2, 0.25) is 0 Å². The second-order valence-corrected chi connectivity index (χ2v) is 8.70. The fourth-order valence-electron chi connectivity index (χ4n) is 2.67. The molecule has 0 amide bonds. The van der Waals surface area contributed by atoms with E-state index in [9.17, 15) is 8.42 Å². The molecule has 3 aromatic heterocycles. The summed E-state index contributed by atoms with van der Waals surface area (Å²) >= 11 is 1.25. The van der Waals surface area contributed by atoms with Crippen molar-refractivity contribution in [3.63, 3.8) is 0 Å². The van der Waals surface area contributed by atoms with Crippen molar-refractivity contribution in [2.75, 3.05) is 31.1 Å². The Morgan fingerprint density at radius 2 is 1.92 bits per heavy atom. The van der Waals surface area contributed by atoms with E-state index in [0.717, 1.165) is 10.4 Å². The number of thiophene rings is 1. The van der Waals surface area contributed by atoms with Crippen molar-refractivity contribution in [1.82, 2.24) is 29.7 Å². The van der Waals surface area contributed by atoms with E-state index in [1.807, 2.05) is 11.0 Å². The van der Waals surface area contributed by atoms with E-state index >= 15 is 0 Å². The number of piperazine rings is 1. The first kappa shape index (κ1) is 16.1. The first-order valence-corrected chi connectivity index (χ1v) is 9.87. The van der Waals surface area contributed by atoms with E-state index in [4.69, 9.17) is 0 Å². The van der Waals surface area contributed by atoms with Gasteiger partial charge >= 0.3 is 0 Å². The van der Waals surface area contributed by atoms with Crippen molar-refractivity contribution in [3.8, 4) is 10.4 Å². The molecule has 9 nitrogen and oxygen atoms in total. The first-order valence-electron chi connectivity index (χ1n) is 7.62. The highest BCUT2D eigenvalue weighted by atomic mass is 32.2. The Labute approximate surface area is 148 Å². The van der Waals surface area contributed by atoms with Gasteiger partial charge in [-0.3, -0.25) is 0 Å². The summed E-state index contributed by atoms with van der Waals surface area (Å²) in [5.74, 6) is 0.667. The van der Waals surface area contributed by atoms with Crippen LogP contribution in [0.15, 0.2) is 41.1 Å². The van der Waals surface area contributed by atoms with Gasteiger partial charge in [0.15, 0.2) is 0 Å². The summed E-state index contributed by atoms with van der Waals surface area (Å²) in [6.07, 6.45) is 4.66. The summed E-state index contributed by atoms with van der Waals surface area (Å²) < 4.78 is 27.6. The van der Waals surface area contributed by atoms with Crippen LogP contribution < -0.4 is 4.90 Å². The Kier molecular flexibility index (Phi) is 4.19. The molecule has 25 heavy (non-hydrogen) atoms. The monoisotopic (exact) mass is 377 g/mol. The third kappa shape index (κ3) is 3.13. The number of nitrogens with one attached hydrogen (secondary N) is 1. The molecule has 11 heteroatoms. The molecule has 0 aromatic carbocycles. The lowest BCUT2D eigenvalue weighted by atomic mass is 10.3. The number of hydrogen-bond acceptors (Lipinski definition) is 8. The van der Waals surface area contributed by atoms with Crippen LogP contribution in [-0.2, 0) is 10.0 Å². The summed E-state index contributed by atoms with van der Waals surface area (Å²) in [5.41, 5.74) is 0.858. The molecule has 1 aliphatic heterocycles. The average molecular weight is 377 g/mol. The molecule has 130 valence electrons. The highest BCUT2D eigenvalue weighted by Gasteiger charge is 2.30. The van der Waals surface area contributed by atoms with E-state index in [2.05, 4.69) is 25.4 Å². The van der Waals surface area contributed by atoms with Crippen LogP contribution in [0.4, 0.5) is 5.95 Å². The average Bonchev–Trinajstić information content (AvgIpc) is 3.35. The van der Waals surface area contributed by atoms with E-state index in [0.29, 0.717) is 36.3 Å². The molecule has 1 saturated heterocycles. The summed E-state index contributed by atoms with van der Waals surface area (Å²) in [7, 11) is -3.50. The third-order valence-electron chi connectivity index (χ3n) is 3.98. The summed E-state index contributed by atoms with van der Waals surface area (Å²) in [5, 5.41) is 14.2. The number of rotatable bonds is 4. The SMILES string of the molecule is O=S(=O)(c1ccc(-c2ccnnc2)s1)N1CCN(c2ncn[nH]2)CC1. The Morgan fingerprint density at radius 1 is 1.08 bits per heavy atom. The van der Waals surface area contributed by atoms with Crippen LogP contribution in [0, 0.1) is 0 Å². The normalized spacial score (nSPS) is 16.2. The molecule has 4 heterocycles. The van der Waals surface area contributed by atoms with E-state index in [1.54, 1.807) is 24.5 Å². The predicted octanol–water partition coefficient (Wildman–Crippen LogP) is 0.834. The van der Waals surface area contributed by atoms with Crippen LogP contribution in [0.5, 0.6) is 0 Å². The zero-order valence-corrected chi connectivity index (χ0v) is 14.7. The Morgan fingerprint density at radius 3 is 2.60 bits per heavy atom. The number of sulfonamides is 1. The lowest BCUT2D eigenvalue weighted by Gasteiger charge is -2.33. The molecule has 1 aliphatic rings. The lowest BCUT2D eigenvalue weighted by molar-refractivity contribution is 0.383. The van der Waals surface area contributed by atoms with Gasteiger partial charge in [-0.1, -0.05) is 0 Å². The van der Waals surface area contributed by atoms with Crippen molar-refractivity contribution in [3.05, 3.63) is 36.9 Å². The molecule has 4 rings (SSSR count). The lowest BCUT2D eigenvalue weighted by Crippen LogP contribution is -2.48. The van der Waals surface area contributed by atoms with Gasteiger partial charge in [0.25, 0.3) is 10.0 Å². The smallest absolute Gasteiger partial charge is 0.252 e. The molecule has 0 radical (unpaired) electrons. The molecular weight excluding hydrogens is 362 g/mol. The molecule has 1 fully saturated rings. The van der Waals surface area contributed by atoms with Crippen LogP contribution >= 0.6 is 11.3 Å². The molecule has 3 aromatic rings.